The molecule has 0 saturated carbocycles. The molecule has 0 aliphatic carbocycles. The SMILES string of the molecule is CC1(C)O[C@H]2[C@H](CO)O[C@H]3[C@]2(O1)C(=O)N1c2ccccc2C(=O)[C@@]31c1c[nH]c2ccccc12. The molecular weight excluding hydrogens is 424 g/mol. The molecule has 33 heavy (non-hydrogen) atoms. The Morgan fingerprint density at radius 1 is 1.09 bits per heavy atom. The average Bonchev–Trinajstić information content (AvgIpc) is 3.53. The van der Waals surface area contributed by atoms with Crippen LogP contribution in [-0.4, -0.2) is 58.1 Å². The topological polar surface area (TPSA) is 101 Å². The standard InChI is InChI=1S/C25H22N2O6/c1-23(2)32-20-18(12-28)31-21-24(15-11-26-16-9-5-3-7-13(15)16)19(29)14-8-4-6-10-17(14)27(24)22(30)25(20,21)33-23/h3-11,18,20-21,26,28H,12H2,1-2H3/t18-,20-,21+,24-,25-/m0/s1. The Balaban J connectivity index is 1.58. The highest BCUT2D eigenvalue weighted by molar-refractivity contribution is 6.26. The zero-order chi connectivity index (χ0) is 22.8. The van der Waals surface area contributed by atoms with Gasteiger partial charge in [-0.25, -0.2) is 0 Å². The van der Waals surface area contributed by atoms with Gasteiger partial charge in [0.1, 0.15) is 18.3 Å². The molecule has 0 unspecified atom stereocenters. The second-order valence-corrected chi connectivity index (χ2v) is 9.57. The van der Waals surface area contributed by atoms with Crippen molar-refractivity contribution in [3.63, 3.8) is 0 Å². The molecule has 2 N–H and O–H groups in total. The molecule has 168 valence electrons. The van der Waals surface area contributed by atoms with Crippen molar-refractivity contribution in [1.29, 1.82) is 0 Å². The summed E-state index contributed by atoms with van der Waals surface area (Å²) in [7, 11) is 0. The van der Waals surface area contributed by atoms with Crippen LogP contribution < -0.4 is 4.90 Å². The van der Waals surface area contributed by atoms with Gasteiger partial charge in [-0.1, -0.05) is 30.3 Å². The molecular formula is C25H22N2O6. The first-order chi connectivity index (χ1) is 15.9. The number of H-pyrrole nitrogens is 1. The van der Waals surface area contributed by atoms with Gasteiger partial charge in [-0.3, -0.25) is 14.5 Å². The number of ether oxygens (including phenoxy) is 3. The summed E-state index contributed by atoms with van der Waals surface area (Å²) in [6.45, 7) is 3.10. The van der Waals surface area contributed by atoms with Gasteiger partial charge in [0, 0.05) is 28.2 Å². The first-order valence-corrected chi connectivity index (χ1v) is 11.1. The van der Waals surface area contributed by atoms with E-state index in [1.807, 2.05) is 24.3 Å². The maximum Gasteiger partial charge on any atom is 0.266 e. The maximum absolute atomic E-state index is 14.4. The molecule has 5 heterocycles. The number of rotatable bonds is 2. The van der Waals surface area contributed by atoms with Gasteiger partial charge in [0.15, 0.2) is 17.1 Å². The minimum absolute atomic E-state index is 0.233. The molecule has 5 atom stereocenters. The van der Waals surface area contributed by atoms with E-state index in [4.69, 9.17) is 14.2 Å². The summed E-state index contributed by atoms with van der Waals surface area (Å²) in [5.41, 5.74) is -0.587. The number of hydrogen-bond donors (Lipinski definition) is 2. The molecule has 3 fully saturated rings. The summed E-state index contributed by atoms with van der Waals surface area (Å²) in [4.78, 5) is 33.5. The van der Waals surface area contributed by atoms with Crippen molar-refractivity contribution in [2.75, 3.05) is 11.5 Å². The van der Waals surface area contributed by atoms with Crippen LogP contribution >= 0.6 is 0 Å². The third-order valence-electron chi connectivity index (χ3n) is 7.47. The Kier molecular flexibility index (Phi) is 3.47. The number of Topliss-reactive ketones (excluding diaryl/α,β-unsaturated/α-hetero) is 1. The van der Waals surface area contributed by atoms with Gasteiger partial charge >= 0.3 is 0 Å². The van der Waals surface area contributed by atoms with Crippen LogP contribution in [0.5, 0.6) is 0 Å². The van der Waals surface area contributed by atoms with Crippen LogP contribution in [-0.2, 0) is 24.5 Å². The zero-order valence-electron chi connectivity index (χ0n) is 18.1. The number of fused-ring (bicyclic) bond motifs is 5. The second-order valence-electron chi connectivity index (χ2n) is 9.57. The van der Waals surface area contributed by atoms with Crippen LogP contribution in [0.1, 0.15) is 29.8 Å². The normalized spacial score (nSPS) is 35.7. The third kappa shape index (κ3) is 1.99. The summed E-state index contributed by atoms with van der Waals surface area (Å²) >= 11 is 0. The van der Waals surface area contributed by atoms with E-state index in [0.717, 1.165) is 10.9 Å². The number of para-hydroxylation sites is 2. The van der Waals surface area contributed by atoms with Crippen LogP contribution in [0.2, 0.25) is 0 Å². The molecule has 1 aromatic heterocycles. The molecule has 3 saturated heterocycles. The van der Waals surface area contributed by atoms with Crippen LogP contribution in [0.3, 0.4) is 0 Å². The van der Waals surface area contributed by atoms with E-state index < -0.39 is 35.2 Å². The van der Waals surface area contributed by atoms with Crippen molar-refractivity contribution in [2.24, 2.45) is 0 Å². The van der Waals surface area contributed by atoms with Crippen molar-refractivity contribution in [3.8, 4) is 0 Å². The van der Waals surface area contributed by atoms with Crippen LogP contribution in [0.4, 0.5) is 5.69 Å². The molecule has 4 aliphatic rings. The summed E-state index contributed by atoms with van der Waals surface area (Å²) in [5, 5.41) is 10.9. The lowest BCUT2D eigenvalue weighted by Crippen LogP contribution is -2.54. The zero-order valence-corrected chi connectivity index (χ0v) is 18.1. The quantitative estimate of drug-likeness (QED) is 0.626. The number of carbonyl (C=O) groups excluding carboxylic acids is 2. The Labute approximate surface area is 189 Å². The predicted octanol–water partition coefficient (Wildman–Crippen LogP) is 2.26. The fourth-order valence-electron chi connectivity index (χ4n) is 6.42. The van der Waals surface area contributed by atoms with Gasteiger partial charge in [-0.05, 0) is 32.0 Å². The lowest BCUT2D eigenvalue weighted by atomic mass is 9.76. The lowest BCUT2D eigenvalue weighted by molar-refractivity contribution is -0.206. The minimum atomic E-state index is -1.56. The van der Waals surface area contributed by atoms with Crippen molar-refractivity contribution >= 4 is 28.3 Å². The number of nitrogens with zero attached hydrogens (tertiary/aromatic N) is 1. The van der Waals surface area contributed by atoms with Gasteiger partial charge in [0.25, 0.3) is 5.91 Å². The molecule has 8 heteroatoms. The first-order valence-electron chi connectivity index (χ1n) is 11.1. The Morgan fingerprint density at radius 2 is 1.85 bits per heavy atom. The number of hydrogen-bond acceptors (Lipinski definition) is 6. The molecule has 1 spiro atoms. The number of carbonyl (C=O) groups is 2. The average molecular weight is 446 g/mol. The summed E-state index contributed by atoms with van der Waals surface area (Å²) in [6.07, 6.45) is -0.885. The first kappa shape index (κ1) is 19.4. The number of aliphatic hydroxyl groups excluding tert-OH is 1. The van der Waals surface area contributed by atoms with E-state index in [9.17, 15) is 14.7 Å². The van der Waals surface area contributed by atoms with Gasteiger partial charge in [0.2, 0.25) is 5.60 Å². The van der Waals surface area contributed by atoms with Gasteiger partial charge in [0.05, 0.1) is 12.3 Å². The number of benzene rings is 2. The number of nitrogens with one attached hydrogen (secondary N) is 1. The smallest absolute Gasteiger partial charge is 0.266 e. The summed E-state index contributed by atoms with van der Waals surface area (Å²) in [6, 6.07) is 14.8. The highest BCUT2D eigenvalue weighted by atomic mass is 16.8. The second kappa shape index (κ2) is 5.90. The number of aromatic amines is 1. The van der Waals surface area contributed by atoms with Gasteiger partial charge in [-0.15, -0.1) is 0 Å². The van der Waals surface area contributed by atoms with Crippen LogP contribution in [0, 0.1) is 0 Å². The minimum Gasteiger partial charge on any atom is -0.394 e. The number of anilines is 1. The molecule has 1 amide bonds. The molecule has 2 aromatic carbocycles. The monoisotopic (exact) mass is 446 g/mol. The molecule has 3 aromatic rings. The Morgan fingerprint density at radius 3 is 2.67 bits per heavy atom. The third-order valence-corrected chi connectivity index (χ3v) is 7.47. The number of aliphatic hydroxyl groups is 1. The van der Waals surface area contributed by atoms with Crippen molar-refractivity contribution in [3.05, 3.63) is 65.9 Å². The fraction of sp³-hybridized carbons (Fsp3) is 0.360. The largest absolute Gasteiger partial charge is 0.394 e. The highest BCUT2D eigenvalue weighted by Gasteiger charge is 2.84. The summed E-state index contributed by atoms with van der Waals surface area (Å²) in [5.74, 6) is -1.70. The van der Waals surface area contributed by atoms with Crippen LogP contribution in [0.25, 0.3) is 10.9 Å². The van der Waals surface area contributed by atoms with E-state index in [0.29, 0.717) is 16.8 Å². The van der Waals surface area contributed by atoms with E-state index in [2.05, 4.69) is 4.98 Å². The van der Waals surface area contributed by atoms with E-state index in [1.54, 1.807) is 49.2 Å². The Bertz CT molecular complexity index is 1360. The summed E-state index contributed by atoms with van der Waals surface area (Å²) < 4.78 is 18.8. The van der Waals surface area contributed by atoms with Crippen molar-refractivity contribution < 1.29 is 28.9 Å². The van der Waals surface area contributed by atoms with Crippen molar-refractivity contribution in [1.82, 2.24) is 4.98 Å². The van der Waals surface area contributed by atoms with Crippen molar-refractivity contribution in [2.45, 2.75) is 49.1 Å². The number of amides is 1. The molecule has 0 bridgehead atoms. The molecule has 4 aliphatic heterocycles. The lowest BCUT2D eigenvalue weighted by Gasteiger charge is -2.35. The maximum atomic E-state index is 14.4. The highest BCUT2D eigenvalue weighted by Crippen LogP contribution is 2.64. The van der Waals surface area contributed by atoms with E-state index >= 15 is 0 Å². The van der Waals surface area contributed by atoms with Crippen LogP contribution in [0.15, 0.2) is 54.7 Å². The number of aromatic nitrogens is 1. The fourth-order valence-corrected chi connectivity index (χ4v) is 6.42. The number of ketones is 1. The molecule has 0 radical (unpaired) electrons. The van der Waals surface area contributed by atoms with E-state index in [-0.39, 0.29) is 18.3 Å². The van der Waals surface area contributed by atoms with Gasteiger partial charge < -0.3 is 24.3 Å². The Hall–Kier alpha value is -3.04. The molecule has 7 rings (SSSR count). The predicted molar refractivity (Wildman–Crippen MR) is 117 cm³/mol. The molecule has 8 nitrogen and oxygen atoms in total. The van der Waals surface area contributed by atoms with Gasteiger partial charge in [-0.2, -0.15) is 0 Å². The van der Waals surface area contributed by atoms with E-state index in [1.165, 1.54) is 0 Å².